The number of amides is 3. The molecule has 1 saturated heterocycles. The van der Waals surface area contributed by atoms with Gasteiger partial charge in [-0.1, -0.05) is 78.3 Å². The molecule has 3 aromatic carbocycles. The third-order valence-electron chi connectivity index (χ3n) is 7.17. The molecule has 2 aliphatic rings. The molecule has 38 heavy (non-hydrogen) atoms. The van der Waals surface area contributed by atoms with Crippen LogP contribution in [0.25, 0.3) is 5.57 Å². The van der Waals surface area contributed by atoms with Crippen molar-refractivity contribution in [3.8, 4) is 0 Å². The number of carbonyl (C=O) groups excluding carboxylic acids is 2. The zero-order chi connectivity index (χ0) is 26.6. The predicted octanol–water partition coefficient (Wildman–Crippen LogP) is 6.38. The molecule has 0 unspecified atom stereocenters. The quantitative estimate of drug-likeness (QED) is 0.382. The lowest BCUT2D eigenvalue weighted by molar-refractivity contribution is 0.100. The Bertz CT molecular complexity index is 1340. The lowest BCUT2D eigenvalue weighted by Crippen LogP contribution is -2.47. The molecule has 0 radical (unpaired) electrons. The van der Waals surface area contributed by atoms with Gasteiger partial charge in [-0.15, -0.1) is 0 Å². The highest BCUT2D eigenvalue weighted by molar-refractivity contribution is 6.30. The molecule has 2 aliphatic heterocycles. The van der Waals surface area contributed by atoms with Crippen molar-refractivity contribution in [3.63, 3.8) is 0 Å². The summed E-state index contributed by atoms with van der Waals surface area (Å²) in [6, 6.07) is 23.0. The maximum absolute atomic E-state index is 14.7. The van der Waals surface area contributed by atoms with Crippen LogP contribution in [0.1, 0.15) is 29.2 Å². The first-order valence-electron chi connectivity index (χ1n) is 12.6. The number of urea groups is 1. The van der Waals surface area contributed by atoms with E-state index in [0.717, 1.165) is 11.1 Å². The second kappa shape index (κ2) is 11.3. The maximum Gasteiger partial charge on any atom is 0.410 e. The molecule has 1 fully saturated rings. The van der Waals surface area contributed by atoms with E-state index in [9.17, 15) is 14.0 Å². The SMILES string of the molecule is CN(C(=O)N1CC(c2cc(Cl)ccc2F)=C[C@H]1c1ccccc1)[C@@H]1CCN(C(=O)OCc2ccccc2)C1. The summed E-state index contributed by atoms with van der Waals surface area (Å²) >= 11 is 6.16. The third-order valence-corrected chi connectivity index (χ3v) is 7.41. The number of benzene rings is 3. The van der Waals surface area contributed by atoms with Crippen molar-refractivity contribution in [2.24, 2.45) is 0 Å². The Morgan fingerprint density at radius 1 is 1.05 bits per heavy atom. The first-order valence-corrected chi connectivity index (χ1v) is 13.0. The van der Waals surface area contributed by atoms with Gasteiger partial charge in [0.15, 0.2) is 0 Å². The Morgan fingerprint density at radius 3 is 2.50 bits per heavy atom. The van der Waals surface area contributed by atoms with Crippen LogP contribution in [0.15, 0.2) is 84.9 Å². The number of likely N-dealkylation sites (tertiary alicyclic amines) is 1. The monoisotopic (exact) mass is 533 g/mol. The van der Waals surface area contributed by atoms with Gasteiger partial charge in [-0.25, -0.2) is 14.0 Å². The van der Waals surface area contributed by atoms with Gasteiger partial charge in [-0.2, -0.15) is 0 Å². The van der Waals surface area contributed by atoms with Crippen molar-refractivity contribution >= 4 is 29.3 Å². The molecule has 0 bridgehead atoms. The van der Waals surface area contributed by atoms with Gasteiger partial charge in [0.1, 0.15) is 12.4 Å². The fourth-order valence-electron chi connectivity index (χ4n) is 5.04. The Balaban J connectivity index is 1.28. The molecule has 0 spiro atoms. The summed E-state index contributed by atoms with van der Waals surface area (Å²) in [6.45, 7) is 1.35. The fourth-order valence-corrected chi connectivity index (χ4v) is 5.21. The number of halogens is 2. The summed E-state index contributed by atoms with van der Waals surface area (Å²) in [4.78, 5) is 31.5. The number of hydrogen-bond acceptors (Lipinski definition) is 3. The van der Waals surface area contributed by atoms with E-state index >= 15 is 0 Å². The summed E-state index contributed by atoms with van der Waals surface area (Å²) in [7, 11) is 1.76. The zero-order valence-corrected chi connectivity index (χ0v) is 21.9. The van der Waals surface area contributed by atoms with Gasteiger partial charge in [0.25, 0.3) is 0 Å². The Morgan fingerprint density at radius 2 is 1.76 bits per heavy atom. The number of nitrogens with zero attached hydrogens (tertiary/aromatic N) is 3. The zero-order valence-electron chi connectivity index (χ0n) is 21.1. The van der Waals surface area contributed by atoms with Gasteiger partial charge in [-0.05, 0) is 41.3 Å². The molecule has 196 valence electrons. The molecular formula is C30H29ClFN3O3. The van der Waals surface area contributed by atoms with Gasteiger partial charge in [-0.3, -0.25) is 0 Å². The highest BCUT2D eigenvalue weighted by atomic mass is 35.5. The van der Waals surface area contributed by atoms with Crippen LogP contribution in [-0.4, -0.2) is 59.5 Å². The average Bonchev–Trinajstić information content (AvgIpc) is 3.62. The minimum atomic E-state index is -0.388. The van der Waals surface area contributed by atoms with E-state index < -0.39 is 0 Å². The smallest absolute Gasteiger partial charge is 0.410 e. The van der Waals surface area contributed by atoms with E-state index in [1.54, 1.807) is 27.8 Å². The molecule has 0 saturated carbocycles. The van der Waals surface area contributed by atoms with Crippen LogP contribution in [0.4, 0.5) is 14.0 Å². The normalized spacial score (nSPS) is 18.9. The van der Waals surface area contributed by atoms with Crippen LogP contribution in [0.2, 0.25) is 5.02 Å². The first-order chi connectivity index (χ1) is 18.4. The van der Waals surface area contributed by atoms with Crippen LogP contribution >= 0.6 is 11.6 Å². The summed E-state index contributed by atoms with van der Waals surface area (Å²) in [5.41, 5.74) is 2.95. The van der Waals surface area contributed by atoms with E-state index in [2.05, 4.69) is 0 Å². The summed E-state index contributed by atoms with van der Waals surface area (Å²) < 4.78 is 20.2. The van der Waals surface area contributed by atoms with Gasteiger partial charge < -0.3 is 19.4 Å². The van der Waals surface area contributed by atoms with Gasteiger partial charge >= 0.3 is 12.1 Å². The van der Waals surface area contributed by atoms with Gasteiger partial charge in [0.05, 0.1) is 12.1 Å². The van der Waals surface area contributed by atoms with Gasteiger partial charge in [0.2, 0.25) is 0 Å². The molecular weight excluding hydrogens is 505 g/mol. The van der Waals surface area contributed by atoms with E-state index in [1.165, 1.54) is 12.1 Å². The molecule has 0 N–H and O–H groups in total. The summed E-state index contributed by atoms with van der Waals surface area (Å²) in [6.07, 6.45) is 2.19. The standard InChI is InChI=1S/C30H29ClFN3O3/c1-33(25-14-15-34(19-25)30(37)38-20-21-8-4-2-5-9-21)29(36)35-18-23(26-17-24(31)12-13-27(26)32)16-28(35)22-10-6-3-7-11-22/h2-13,16-17,25,28H,14-15,18-20H2,1H3/t25-,28+/m1/s1. The van der Waals surface area contributed by atoms with E-state index in [-0.39, 0.29) is 43.2 Å². The summed E-state index contributed by atoms with van der Waals surface area (Å²) in [5, 5.41) is 0.436. The van der Waals surface area contributed by atoms with Crippen LogP contribution < -0.4 is 0 Å². The van der Waals surface area contributed by atoms with Crippen molar-refractivity contribution < 1.29 is 18.7 Å². The van der Waals surface area contributed by atoms with Crippen LogP contribution in [0.3, 0.4) is 0 Å². The number of hydrogen-bond donors (Lipinski definition) is 0. The Kier molecular flexibility index (Phi) is 7.65. The molecule has 6 nitrogen and oxygen atoms in total. The molecule has 2 atom stereocenters. The fraction of sp³-hybridized carbons (Fsp3) is 0.267. The minimum absolute atomic E-state index is 0.157. The molecule has 2 heterocycles. The topological polar surface area (TPSA) is 53.1 Å². The number of likely N-dealkylation sites (N-methyl/N-ethyl adjacent to an activating group) is 1. The van der Waals surface area contributed by atoms with Crippen LogP contribution in [0.5, 0.6) is 0 Å². The van der Waals surface area contributed by atoms with E-state index in [0.29, 0.717) is 35.7 Å². The molecule has 0 aromatic heterocycles. The van der Waals surface area contributed by atoms with Crippen molar-refractivity contribution in [2.75, 3.05) is 26.7 Å². The Labute approximate surface area is 226 Å². The number of carbonyl (C=O) groups is 2. The van der Waals surface area contributed by atoms with Crippen molar-refractivity contribution in [3.05, 3.63) is 112 Å². The van der Waals surface area contributed by atoms with Crippen LogP contribution in [0, 0.1) is 5.82 Å². The summed E-state index contributed by atoms with van der Waals surface area (Å²) in [5.74, 6) is -0.379. The van der Waals surface area contributed by atoms with Gasteiger partial charge in [0, 0.05) is 37.3 Å². The lowest BCUT2D eigenvalue weighted by atomic mass is 10.0. The van der Waals surface area contributed by atoms with Crippen molar-refractivity contribution in [2.45, 2.75) is 25.1 Å². The first kappa shape index (κ1) is 25.8. The molecule has 3 amide bonds. The molecule has 8 heteroatoms. The van der Waals surface area contributed by atoms with Crippen molar-refractivity contribution in [1.29, 1.82) is 0 Å². The average molecular weight is 534 g/mol. The highest BCUT2D eigenvalue weighted by Crippen LogP contribution is 2.37. The third kappa shape index (κ3) is 5.53. The highest BCUT2D eigenvalue weighted by Gasteiger charge is 2.38. The molecule has 5 rings (SSSR count). The molecule has 0 aliphatic carbocycles. The lowest BCUT2D eigenvalue weighted by Gasteiger charge is -2.33. The number of rotatable bonds is 5. The van der Waals surface area contributed by atoms with E-state index in [4.69, 9.17) is 16.3 Å². The van der Waals surface area contributed by atoms with Crippen LogP contribution in [-0.2, 0) is 11.3 Å². The Hall–Kier alpha value is -3.84. The minimum Gasteiger partial charge on any atom is -0.445 e. The number of ether oxygens (including phenoxy) is 1. The van der Waals surface area contributed by atoms with Crippen molar-refractivity contribution in [1.82, 2.24) is 14.7 Å². The predicted molar refractivity (Wildman–Crippen MR) is 145 cm³/mol. The maximum atomic E-state index is 14.7. The largest absolute Gasteiger partial charge is 0.445 e. The second-order valence-electron chi connectivity index (χ2n) is 9.62. The molecule has 3 aromatic rings. The second-order valence-corrected chi connectivity index (χ2v) is 10.1. The van der Waals surface area contributed by atoms with E-state index in [1.807, 2.05) is 66.7 Å².